The summed E-state index contributed by atoms with van der Waals surface area (Å²) in [7, 11) is 0. The summed E-state index contributed by atoms with van der Waals surface area (Å²) in [5.41, 5.74) is 5.56. The van der Waals surface area contributed by atoms with Gasteiger partial charge in [-0.3, -0.25) is 4.79 Å². The fraction of sp³-hybridized carbons (Fsp3) is 0.933. The quantitative estimate of drug-likeness (QED) is 0.550. The van der Waals surface area contributed by atoms with Crippen molar-refractivity contribution in [1.82, 2.24) is 5.32 Å². The summed E-state index contributed by atoms with van der Waals surface area (Å²) in [6.45, 7) is 6.63. The molecule has 1 rings (SSSR count). The fourth-order valence-electron chi connectivity index (χ4n) is 2.67. The molecule has 0 radical (unpaired) electrons. The van der Waals surface area contributed by atoms with Crippen molar-refractivity contribution < 1.29 is 9.53 Å². The zero-order chi connectivity index (χ0) is 14.1. The van der Waals surface area contributed by atoms with Crippen LogP contribution in [0, 0.1) is 11.3 Å². The fourth-order valence-corrected chi connectivity index (χ4v) is 2.67. The zero-order valence-corrected chi connectivity index (χ0v) is 12.5. The molecule has 0 saturated heterocycles. The summed E-state index contributed by atoms with van der Waals surface area (Å²) in [5.74, 6) is 0.665. The smallest absolute Gasteiger partial charge is 0.227 e. The second-order valence-corrected chi connectivity index (χ2v) is 6.12. The van der Waals surface area contributed by atoms with E-state index >= 15 is 0 Å². The number of carbonyl (C=O) groups is 1. The molecule has 1 aliphatic carbocycles. The van der Waals surface area contributed by atoms with Crippen LogP contribution in [-0.2, 0) is 9.53 Å². The van der Waals surface area contributed by atoms with Gasteiger partial charge in [0.2, 0.25) is 5.91 Å². The van der Waals surface area contributed by atoms with Crippen LogP contribution in [0.15, 0.2) is 0 Å². The summed E-state index contributed by atoms with van der Waals surface area (Å²) in [5, 5.41) is 3.00. The molecule has 1 fully saturated rings. The van der Waals surface area contributed by atoms with Crippen LogP contribution in [0.2, 0.25) is 0 Å². The molecule has 1 aliphatic rings. The molecular formula is C15H30N2O2. The summed E-state index contributed by atoms with van der Waals surface area (Å²) in [4.78, 5) is 12.4. The Morgan fingerprint density at radius 2 is 1.89 bits per heavy atom. The van der Waals surface area contributed by atoms with Gasteiger partial charge in [0.1, 0.15) is 0 Å². The Kier molecular flexibility index (Phi) is 7.39. The minimum atomic E-state index is -0.325. The second-order valence-electron chi connectivity index (χ2n) is 6.12. The molecule has 4 heteroatoms. The van der Waals surface area contributed by atoms with Crippen molar-refractivity contribution in [2.75, 3.05) is 26.3 Å². The molecule has 0 aliphatic heterocycles. The minimum Gasteiger partial charge on any atom is -0.379 e. The standard InChI is InChI=1S/C15H30N2O2/c1-13(2)11-19-10-9-17-14(18)15(12-16)7-5-3-4-6-8-15/h13H,3-12,16H2,1-2H3,(H,17,18). The van der Waals surface area contributed by atoms with Gasteiger partial charge in [-0.15, -0.1) is 0 Å². The van der Waals surface area contributed by atoms with E-state index in [1.807, 2.05) is 0 Å². The number of nitrogens with two attached hydrogens (primary N) is 1. The van der Waals surface area contributed by atoms with Gasteiger partial charge in [-0.25, -0.2) is 0 Å². The van der Waals surface area contributed by atoms with Gasteiger partial charge in [0.15, 0.2) is 0 Å². The van der Waals surface area contributed by atoms with Gasteiger partial charge >= 0.3 is 0 Å². The largest absolute Gasteiger partial charge is 0.379 e. The second kappa shape index (κ2) is 8.54. The van der Waals surface area contributed by atoms with E-state index in [9.17, 15) is 4.79 Å². The first-order valence-electron chi connectivity index (χ1n) is 7.67. The van der Waals surface area contributed by atoms with E-state index in [2.05, 4.69) is 19.2 Å². The predicted octanol–water partition coefficient (Wildman–Crippen LogP) is 2.07. The van der Waals surface area contributed by atoms with Crippen LogP contribution in [-0.4, -0.2) is 32.2 Å². The summed E-state index contributed by atoms with van der Waals surface area (Å²) in [6, 6.07) is 0. The molecule has 19 heavy (non-hydrogen) atoms. The van der Waals surface area contributed by atoms with Gasteiger partial charge in [-0.2, -0.15) is 0 Å². The average Bonchev–Trinajstić information content (AvgIpc) is 2.64. The lowest BCUT2D eigenvalue weighted by molar-refractivity contribution is -0.131. The Labute approximate surface area is 117 Å². The Bertz CT molecular complexity index is 259. The van der Waals surface area contributed by atoms with E-state index in [0.717, 1.165) is 32.3 Å². The van der Waals surface area contributed by atoms with Gasteiger partial charge in [-0.1, -0.05) is 39.5 Å². The number of amides is 1. The monoisotopic (exact) mass is 270 g/mol. The number of carbonyl (C=O) groups excluding carboxylic acids is 1. The lowest BCUT2D eigenvalue weighted by Crippen LogP contribution is -2.46. The van der Waals surface area contributed by atoms with E-state index in [-0.39, 0.29) is 11.3 Å². The Morgan fingerprint density at radius 3 is 2.42 bits per heavy atom. The van der Waals surface area contributed by atoms with Crippen molar-refractivity contribution in [2.45, 2.75) is 52.4 Å². The molecule has 1 amide bonds. The first-order chi connectivity index (χ1) is 9.10. The van der Waals surface area contributed by atoms with Crippen LogP contribution in [0.1, 0.15) is 52.4 Å². The lowest BCUT2D eigenvalue weighted by Gasteiger charge is -2.29. The van der Waals surface area contributed by atoms with Gasteiger partial charge < -0.3 is 15.8 Å². The Hall–Kier alpha value is -0.610. The highest BCUT2D eigenvalue weighted by Gasteiger charge is 2.36. The van der Waals surface area contributed by atoms with Crippen LogP contribution in [0.5, 0.6) is 0 Å². The highest BCUT2D eigenvalue weighted by molar-refractivity contribution is 5.82. The lowest BCUT2D eigenvalue weighted by atomic mass is 9.79. The Balaban J connectivity index is 2.32. The molecule has 0 bridgehead atoms. The van der Waals surface area contributed by atoms with Gasteiger partial charge in [0.05, 0.1) is 12.0 Å². The Morgan fingerprint density at radius 1 is 1.26 bits per heavy atom. The molecule has 1 saturated carbocycles. The first-order valence-corrected chi connectivity index (χ1v) is 7.67. The number of hydrogen-bond acceptors (Lipinski definition) is 3. The molecule has 0 atom stereocenters. The molecular weight excluding hydrogens is 240 g/mol. The molecule has 0 spiro atoms. The van der Waals surface area contributed by atoms with Crippen LogP contribution < -0.4 is 11.1 Å². The number of hydrogen-bond donors (Lipinski definition) is 2. The highest BCUT2D eigenvalue weighted by Crippen LogP contribution is 2.34. The minimum absolute atomic E-state index is 0.130. The summed E-state index contributed by atoms with van der Waals surface area (Å²) in [6.07, 6.45) is 6.56. The molecule has 0 aromatic rings. The summed E-state index contributed by atoms with van der Waals surface area (Å²) >= 11 is 0. The van der Waals surface area contributed by atoms with Crippen LogP contribution in [0.3, 0.4) is 0 Å². The van der Waals surface area contributed by atoms with E-state index in [1.165, 1.54) is 12.8 Å². The maximum Gasteiger partial charge on any atom is 0.227 e. The van der Waals surface area contributed by atoms with E-state index in [1.54, 1.807) is 0 Å². The van der Waals surface area contributed by atoms with Crippen LogP contribution in [0.4, 0.5) is 0 Å². The topological polar surface area (TPSA) is 64.3 Å². The number of rotatable bonds is 7. The van der Waals surface area contributed by atoms with Crippen molar-refractivity contribution in [3.8, 4) is 0 Å². The molecule has 0 heterocycles. The average molecular weight is 270 g/mol. The maximum absolute atomic E-state index is 12.4. The van der Waals surface area contributed by atoms with Crippen molar-refractivity contribution in [2.24, 2.45) is 17.1 Å². The molecule has 0 aromatic carbocycles. The van der Waals surface area contributed by atoms with Crippen molar-refractivity contribution >= 4 is 5.91 Å². The molecule has 3 N–H and O–H groups in total. The van der Waals surface area contributed by atoms with Gasteiger partial charge in [0.25, 0.3) is 0 Å². The molecule has 4 nitrogen and oxygen atoms in total. The zero-order valence-electron chi connectivity index (χ0n) is 12.5. The third-order valence-electron chi connectivity index (χ3n) is 3.92. The van der Waals surface area contributed by atoms with Crippen molar-refractivity contribution in [1.29, 1.82) is 0 Å². The van der Waals surface area contributed by atoms with Crippen LogP contribution >= 0.6 is 0 Å². The van der Waals surface area contributed by atoms with Crippen molar-refractivity contribution in [3.05, 3.63) is 0 Å². The highest BCUT2D eigenvalue weighted by atomic mass is 16.5. The van der Waals surface area contributed by atoms with Crippen molar-refractivity contribution in [3.63, 3.8) is 0 Å². The van der Waals surface area contributed by atoms with E-state index < -0.39 is 0 Å². The van der Waals surface area contributed by atoms with Gasteiger partial charge in [-0.05, 0) is 18.8 Å². The number of ether oxygens (including phenoxy) is 1. The maximum atomic E-state index is 12.4. The van der Waals surface area contributed by atoms with E-state index in [4.69, 9.17) is 10.5 Å². The molecule has 112 valence electrons. The third kappa shape index (κ3) is 5.49. The molecule has 0 unspecified atom stereocenters. The van der Waals surface area contributed by atoms with E-state index in [0.29, 0.717) is 25.6 Å². The van der Waals surface area contributed by atoms with Gasteiger partial charge in [0, 0.05) is 19.7 Å². The van der Waals surface area contributed by atoms with Crippen LogP contribution in [0.25, 0.3) is 0 Å². The normalized spacial score (nSPS) is 19.2. The molecule has 0 aromatic heterocycles. The first kappa shape index (κ1) is 16.4. The SMILES string of the molecule is CC(C)COCCNC(=O)C1(CN)CCCCCC1. The summed E-state index contributed by atoms with van der Waals surface area (Å²) < 4.78 is 5.48. The number of nitrogens with one attached hydrogen (secondary N) is 1. The third-order valence-corrected chi connectivity index (χ3v) is 3.92. The predicted molar refractivity (Wildman–Crippen MR) is 77.9 cm³/mol.